The Bertz CT molecular complexity index is 909. The number of benzene rings is 2. The normalized spacial score (nSPS) is 10.5. The highest BCUT2D eigenvalue weighted by atomic mass is 35.5. The molecule has 2 N–H and O–H groups in total. The van der Waals surface area contributed by atoms with Gasteiger partial charge in [0.1, 0.15) is 0 Å². The van der Waals surface area contributed by atoms with E-state index in [2.05, 4.69) is 15.6 Å². The van der Waals surface area contributed by atoms with E-state index in [1.807, 2.05) is 18.2 Å². The van der Waals surface area contributed by atoms with Gasteiger partial charge in [-0.15, -0.1) is 0 Å². The van der Waals surface area contributed by atoms with Gasteiger partial charge in [0.25, 0.3) is 5.91 Å². The number of nitrogens with one attached hydrogen (secondary N) is 2. The SMILES string of the molecule is CNC(=O)c1ccc(NCc2ncc(-c3cccc(Cl)c3)o2)cc1Cl. The third-order valence-electron chi connectivity index (χ3n) is 3.55. The molecule has 1 amide bonds. The van der Waals surface area contributed by atoms with Gasteiger partial charge in [0.2, 0.25) is 5.89 Å². The fourth-order valence-corrected chi connectivity index (χ4v) is 2.75. The Morgan fingerprint density at radius 2 is 2.04 bits per heavy atom. The third kappa shape index (κ3) is 4.13. The van der Waals surface area contributed by atoms with E-state index in [-0.39, 0.29) is 5.91 Å². The Morgan fingerprint density at radius 3 is 2.76 bits per heavy atom. The second-order valence-electron chi connectivity index (χ2n) is 5.26. The second-order valence-corrected chi connectivity index (χ2v) is 6.10. The molecular formula is C18H15Cl2N3O2. The maximum atomic E-state index is 11.6. The number of amides is 1. The summed E-state index contributed by atoms with van der Waals surface area (Å²) in [6, 6.07) is 12.5. The topological polar surface area (TPSA) is 67.2 Å². The molecule has 0 atom stereocenters. The molecule has 1 heterocycles. The molecule has 0 aliphatic rings. The predicted molar refractivity (Wildman–Crippen MR) is 99.1 cm³/mol. The second kappa shape index (κ2) is 7.59. The molecule has 0 radical (unpaired) electrons. The van der Waals surface area contributed by atoms with E-state index in [9.17, 15) is 4.79 Å². The maximum absolute atomic E-state index is 11.6. The van der Waals surface area contributed by atoms with Crippen LogP contribution < -0.4 is 10.6 Å². The Morgan fingerprint density at radius 1 is 1.20 bits per heavy atom. The van der Waals surface area contributed by atoms with E-state index in [0.717, 1.165) is 11.3 Å². The number of anilines is 1. The summed E-state index contributed by atoms with van der Waals surface area (Å²) in [5, 5.41) is 6.72. The number of oxazole rings is 1. The molecule has 2 aromatic carbocycles. The van der Waals surface area contributed by atoms with Crippen molar-refractivity contribution in [2.45, 2.75) is 6.54 Å². The zero-order valence-electron chi connectivity index (χ0n) is 13.3. The zero-order chi connectivity index (χ0) is 17.8. The zero-order valence-corrected chi connectivity index (χ0v) is 14.9. The van der Waals surface area contributed by atoms with Crippen molar-refractivity contribution in [2.75, 3.05) is 12.4 Å². The van der Waals surface area contributed by atoms with Gasteiger partial charge in [-0.3, -0.25) is 4.79 Å². The number of carbonyl (C=O) groups is 1. The number of aromatic nitrogens is 1. The first-order valence-electron chi connectivity index (χ1n) is 7.53. The van der Waals surface area contributed by atoms with E-state index >= 15 is 0 Å². The van der Waals surface area contributed by atoms with Gasteiger partial charge >= 0.3 is 0 Å². The summed E-state index contributed by atoms with van der Waals surface area (Å²) in [5.41, 5.74) is 2.05. The molecule has 5 nitrogen and oxygen atoms in total. The van der Waals surface area contributed by atoms with Crippen molar-refractivity contribution in [2.24, 2.45) is 0 Å². The van der Waals surface area contributed by atoms with E-state index in [1.54, 1.807) is 37.5 Å². The van der Waals surface area contributed by atoms with Gasteiger partial charge in [-0.2, -0.15) is 0 Å². The van der Waals surface area contributed by atoms with E-state index < -0.39 is 0 Å². The van der Waals surface area contributed by atoms with Crippen molar-refractivity contribution in [1.82, 2.24) is 10.3 Å². The summed E-state index contributed by atoms with van der Waals surface area (Å²) in [6.45, 7) is 0.385. The minimum absolute atomic E-state index is 0.226. The van der Waals surface area contributed by atoms with Crippen LogP contribution in [-0.2, 0) is 6.54 Å². The van der Waals surface area contributed by atoms with Crippen molar-refractivity contribution in [3.05, 3.63) is 70.2 Å². The summed E-state index contributed by atoms with van der Waals surface area (Å²) in [4.78, 5) is 15.9. The highest BCUT2D eigenvalue weighted by Crippen LogP contribution is 2.24. The first-order valence-corrected chi connectivity index (χ1v) is 8.28. The Balaban J connectivity index is 1.68. The standard InChI is InChI=1S/C18H15Cl2N3O2/c1-21-18(24)14-6-5-13(8-15(14)20)22-10-17-23-9-16(25-17)11-3-2-4-12(19)7-11/h2-9,22H,10H2,1H3,(H,21,24). The minimum Gasteiger partial charge on any atom is -0.439 e. The van der Waals surface area contributed by atoms with Gasteiger partial charge < -0.3 is 15.1 Å². The number of hydrogen-bond donors (Lipinski definition) is 2. The van der Waals surface area contributed by atoms with Crippen LogP contribution in [0, 0.1) is 0 Å². The van der Waals surface area contributed by atoms with Gasteiger partial charge in [0.15, 0.2) is 5.76 Å². The highest BCUT2D eigenvalue weighted by Gasteiger charge is 2.10. The largest absolute Gasteiger partial charge is 0.439 e. The van der Waals surface area contributed by atoms with Gasteiger partial charge in [-0.25, -0.2) is 4.98 Å². The van der Waals surface area contributed by atoms with Crippen LogP contribution >= 0.6 is 23.2 Å². The summed E-state index contributed by atoms with van der Waals surface area (Å²) >= 11 is 12.1. The van der Waals surface area contributed by atoms with Crippen LogP contribution in [0.4, 0.5) is 5.69 Å². The van der Waals surface area contributed by atoms with Crippen LogP contribution in [0.15, 0.2) is 53.1 Å². The minimum atomic E-state index is -0.226. The molecule has 1 aromatic heterocycles. The summed E-state index contributed by atoms with van der Waals surface area (Å²) < 4.78 is 5.73. The smallest absolute Gasteiger partial charge is 0.252 e. The molecule has 128 valence electrons. The molecule has 0 aliphatic carbocycles. The fourth-order valence-electron chi connectivity index (χ4n) is 2.29. The first kappa shape index (κ1) is 17.3. The van der Waals surface area contributed by atoms with Crippen molar-refractivity contribution in [3.8, 4) is 11.3 Å². The van der Waals surface area contributed by atoms with Gasteiger partial charge in [0, 0.05) is 23.3 Å². The Kier molecular flexibility index (Phi) is 5.26. The molecule has 0 saturated carbocycles. The van der Waals surface area contributed by atoms with Crippen LogP contribution in [0.2, 0.25) is 10.0 Å². The van der Waals surface area contributed by atoms with Crippen LogP contribution in [0.3, 0.4) is 0 Å². The van der Waals surface area contributed by atoms with E-state index in [0.29, 0.717) is 33.8 Å². The number of carbonyl (C=O) groups excluding carboxylic acids is 1. The Labute approximate surface area is 155 Å². The van der Waals surface area contributed by atoms with Crippen molar-refractivity contribution < 1.29 is 9.21 Å². The highest BCUT2D eigenvalue weighted by molar-refractivity contribution is 6.34. The lowest BCUT2D eigenvalue weighted by atomic mass is 10.2. The molecule has 0 aliphatic heterocycles. The van der Waals surface area contributed by atoms with Crippen LogP contribution in [0.1, 0.15) is 16.2 Å². The predicted octanol–water partition coefficient (Wildman–Crippen LogP) is 4.62. The molecule has 3 aromatic rings. The molecule has 25 heavy (non-hydrogen) atoms. The van der Waals surface area contributed by atoms with Gasteiger partial charge in [-0.1, -0.05) is 35.3 Å². The van der Waals surface area contributed by atoms with Crippen LogP contribution in [0.25, 0.3) is 11.3 Å². The number of rotatable bonds is 5. The molecule has 0 saturated heterocycles. The molecule has 3 rings (SSSR count). The van der Waals surface area contributed by atoms with Crippen LogP contribution in [0.5, 0.6) is 0 Å². The van der Waals surface area contributed by atoms with Crippen LogP contribution in [-0.4, -0.2) is 17.9 Å². The molecule has 0 bridgehead atoms. The monoisotopic (exact) mass is 375 g/mol. The summed E-state index contributed by atoms with van der Waals surface area (Å²) in [7, 11) is 1.56. The maximum Gasteiger partial charge on any atom is 0.252 e. The van der Waals surface area contributed by atoms with Crippen molar-refractivity contribution in [3.63, 3.8) is 0 Å². The lowest BCUT2D eigenvalue weighted by molar-refractivity contribution is 0.0963. The lowest BCUT2D eigenvalue weighted by Gasteiger charge is -2.07. The number of hydrogen-bond acceptors (Lipinski definition) is 4. The number of nitrogens with zero attached hydrogens (tertiary/aromatic N) is 1. The van der Waals surface area contributed by atoms with Gasteiger partial charge in [0.05, 0.1) is 23.3 Å². The number of halogens is 2. The van der Waals surface area contributed by atoms with Gasteiger partial charge in [-0.05, 0) is 30.3 Å². The van der Waals surface area contributed by atoms with E-state index in [4.69, 9.17) is 27.6 Å². The summed E-state index contributed by atoms with van der Waals surface area (Å²) in [5.74, 6) is 0.948. The van der Waals surface area contributed by atoms with Crippen molar-refractivity contribution in [1.29, 1.82) is 0 Å². The lowest BCUT2D eigenvalue weighted by Crippen LogP contribution is -2.18. The molecular weight excluding hydrogens is 361 g/mol. The molecule has 7 heteroatoms. The Hall–Kier alpha value is -2.50. The average Bonchev–Trinajstić information content (AvgIpc) is 3.08. The summed E-state index contributed by atoms with van der Waals surface area (Å²) in [6.07, 6.45) is 1.66. The van der Waals surface area contributed by atoms with E-state index in [1.165, 1.54) is 0 Å². The quantitative estimate of drug-likeness (QED) is 0.682. The molecule has 0 spiro atoms. The molecule has 0 unspecified atom stereocenters. The fraction of sp³-hybridized carbons (Fsp3) is 0.111. The molecule has 0 fully saturated rings. The van der Waals surface area contributed by atoms with Crippen molar-refractivity contribution >= 4 is 34.8 Å². The third-order valence-corrected chi connectivity index (χ3v) is 4.10. The average molecular weight is 376 g/mol. The first-order chi connectivity index (χ1) is 12.1.